The summed E-state index contributed by atoms with van der Waals surface area (Å²) in [4.78, 5) is 11.1. The average molecular weight is 259 g/mol. The molecule has 0 radical (unpaired) electrons. The van der Waals surface area contributed by atoms with Crippen molar-refractivity contribution in [2.24, 2.45) is 0 Å². The van der Waals surface area contributed by atoms with Gasteiger partial charge in [-0.25, -0.2) is 0 Å². The van der Waals surface area contributed by atoms with E-state index in [0.29, 0.717) is 0 Å². The molecule has 13 heavy (non-hydrogen) atoms. The largest absolute Gasteiger partial charge is 0.318 e. The van der Waals surface area contributed by atoms with Gasteiger partial charge < -0.3 is 5.32 Å². The molecule has 1 aromatic rings. The van der Waals surface area contributed by atoms with Crippen LogP contribution in [-0.4, -0.2) is 5.91 Å². The third-order valence-electron chi connectivity index (χ3n) is 1.30. The van der Waals surface area contributed by atoms with Crippen LogP contribution in [0.2, 0.25) is 0 Å². The Bertz CT molecular complexity index is 342. The first kappa shape index (κ1) is 10.2. The molecular weight excluding hydrogens is 252 g/mol. The predicted molar refractivity (Wildman–Crippen MR) is 55.5 cm³/mol. The van der Waals surface area contributed by atoms with E-state index in [1.165, 1.54) is 11.3 Å². The highest BCUT2D eigenvalue weighted by Gasteiger charge is 2.03. The van der Waals surface area contributed by atoms with E-state index in [4.69, 9.17) is 5.26 Å². The van der Waals surface area contributed by atoms with Crippen molar-refractivity contribution in [1.82, 2.24) is 0 Å². The third kappa shape index (κ3) is 3.57. The molecule has 0 aliphatic rings. The van der Waals surface area contributed by atoms with E-state index in [0.717, 1.165) is 8.79 Å². The molecule has 0 atom stereocenters. The smallest absolute Gasteiger partial charge is 0.226 e. The fourth-order valence-corrected chi connectivity index (χ4v) is 2.05. The first-order chi connectivity index (χ1) is 6.22. The zero-order valence-corrected chi connectivity index (χ0v) is 9.11. The maximum absolute atomic E-state index is 11.1. The van der Waals surface area contributed by atoms with Crippen LogP contribution < -0.4 is 5.32 Å². The van der Waals surface area contributed by atoms with E-state index >= 15 is 0 Å². The fraction of sp³-hybridized carbons (Fsp3) is 0.250. The Morgan fingerprint density at radius 2 is 2.46 bits per heavy atom. The number of halogens is 1. The Morgan fingerprint density at radius 3 is 3.00 bits per heavy atom. The molecule has 1 amide bonds. The molecule has 1 heterocycles. The summed E-state index contributed by atoms with van der Waals surface area (Å²) in [6, 6.07) is 5.61. The molecule has 1 aromatic heterocycles. The van der Waals surface area contributed by atoms with Gasteiger partial charge in [-0.1, -0.05) is 0 Å². The number of amides is 1. The van der Waals surface area contributed by atoms with Crippen LogP contribution in [-0.2, 0) is 4.79 Å². The van der Waals surface area contributed by atoms with Crippen LogP contribution in [0.1, 0.15) is 12.8 Å². The lowest BCUT2D eigenvalue weighted by Crippen LogP contribution is -2.09. The first-order valence-corrected chi connectivity index (χ1v) is 5.25. The van der Waals surface area contributed by atoms with Gasteiger partial charge in [0.2, 0.25) is 5.91 Å². The summed E-state index contributed by atoms with van der Waals surface area (Å²) in [6.07, 6.45) is 0.518. The van der Waals surface area contributed by atoms with Crippen LogP contribution in [0.25, 0.3) is 0 Å². The van der Waals surface area contributed by atoms with Crippen LogP contribution in [0.15, 0.2) is 15.9 Å². The number of hydrogen-bond acceptors (Lipinski definition) is 3. The number of rotatable bonds is 3. The summed E-state index contributed by atoms with van der Waals surface area (Å²) in [5.41, 5.74) is 0. The van der Waals surface area contributed by atoms with Crippen LogP contribution in [0.5, 0.6) is 0 Å². The highest BCUT2D eigenvalue weighted by atomic mass is 79.9. The minimum Gasteiger partial charge on any atom is -0.318 e. The molecule has 1 N–H and O–H groups in total. The number of thiophene rings is 1. The van der Waals surface area contributed by atoms with Crippen molar-refractivity contribution in [3.05, 3.63) is 15.9 Å². The maximum atomic E-state index is 11.1. The summed E-state index contributed by atoms with van der Waals surface area (Å²) in [7, 11) is 0. The Kier molecular flexibility index (Phi) is 3.93. The summed E-state index contributed by atoms with van der Waals surface area (Å²) in [5.74, 6) is -0.115. The predicted octanol–water partition coefficient (Wildman–Crippen LogP) is 2.75. The number of carbonyl (C=O) groups excluding carboxylic acids is 1. The molecule has 0 aromatic carbocycles. The number of nitriles is 1. The van der Waals surface area contributed by atoms with Gasteiger partial charge in [0.1, 0.15) is 0 Å². The van der Waals surface area contributed by atoms with Gasteiger partial charge in [-0.15, -0.1) is 11.3 Å². The van der Waals surface area contributed by atoms with Crippen molar-refractivity contribution < 1.29 is 4.79 Å². The third-order valence-corrected chi connectivity index (χ3v) is 2.84. The Labute approximate surface area is 88.5 Å². The zero-order valence-electron chi connectivity index (χ0n) is 6.71. The Balaban J connectivity index is 2.41. The second-order valence-corrected chi connectivity index (χ2v) is 4.77. The highest BCUT2D eigenvalue weighted by Crippen LogP contribution is 2.26. The number of nitrogens with zero attached hydrogens (tertiary/aromatic N) is 1. The van der Waals surface area contributed by atoms with Gasteiger partial charge in [0, 0.05) is 12.8 Å². The molecule has 0 aliphatic heterocycles. The molecule has 0 unspecified atom stereocenters. The molecular formula is C8H7BrN2OS. The van der Waals surface area contributed by atoms with E-state index in [1.807, 2.05) is 18.2 Å². The Hall–Kier alpha value is -0.860. The van der Waals surface area contributed by atoms with E-state index in [2.05, 4.69) is 21.2 Å². The molecule has 5 heteroatoms. The number of hydrogen-bond donors (Lipinski definition) is 1. The lowest BCUT2D eigenvalue weighted by atomic mass is 10.3. The first-order valence-electron chi connectivity index (χ1n) is 3.64. The standard InChI is InChI=1S/C8H7BrN2OS/c9-6-3-4-8(13-6)11-7(12)2-1-5-10/h3-4H,1-2H2,(H,11,12). The molecule has 0 saturated heterocycles. The molecule has 0 spiro atoms. The number of carbonyl (C=O) groups is 1. The average Bonchev–Trinajstić information content (AvgIpc) is 2.48. The minimum atomic E-state index is -0.115. The molecule has 1 rings (SSSR count). The lowest BCUT2D eigenvalue weighted by Gasteiger charge is -1.97. The molecule has 0 bridgehead atoms. The van der Waals surface area contributed by atoms with E-state index < -0.39 is 0 Å². The summed E-state index contributed by atoms with van der Waals surface area (Å²) in [6.45, 7) is 0. The second-order valence-electron chi connectivity index (χ2n) is 2.31. The normalized spacial score (nSPS) is 9.23. The molecule has 0 saturated carbocycles. The zero-order chi connectivity index (χ0) is 9.68. The van der Waals surface area contributed by atoms with E-state index in [-0.39, 0.29) is 18.7 Å². The fourth-order valence-electron chi connectivity index (χ4n) is 0.751. The molecule has 68 valence electrons. The van der Waals surface area contributed by atoms with Crippen LogP contribution >= 0.6 is 27.3 Å². The highest BCUT2D eigenvalue weighted by molar-refractivity contribution is 9.11. The van der Waals surface area contributed by atoms with Crippen molar-refractivity contribution in [2.45, 2.75) is 12.8 Å². The summed E-state index contributed by atoms with van der Waals surface area (Å²) in [5, 5.41) is 11.7. The van der Waals surface area contributed by atoms with Gasteiger partial charge >= 0.3 is 0 Å². The van der Waals surface area contributed by atoms with Crippen molar-refractivity contribution in [1.29, 1.82) is 5.26 Å². The van der Waals surface area contributed by atoms with E-state index in [9.17, 15) is 4.79 Å². The van der Waals surface area contributed by atoms with Crippen molar-refractivity contribution in [2.75, 3.05) is 5.32 Å². The number of anilines is 1. The monoisotopic (exact) mass is 258 g/mol. The summed E-state index contributed by atoms with van der Waals surface area (Å²) >= 11 is 4.74. The van der Waals surface area contributed by atoms with Crippen LogP contribution in [0, 0.1) is 11.3 Å². The van der Waals surface area contributed by atoms with Crippen LogP contribution in [0.4, 0.5) is 5.00 Å². The second kappa shape index (κ2) is 5.00. The van der Waals surface area contributed by atoms with Gasteiger partial charge in [-0.3, -0.25) is 4.79 Å². The van der Waals surface area contributed by atoms with E-state index in [1.54, 1.807) is 0 Å². The van der Waals surface area contributed by atoms with Crippen molar-refractivity contribution in [3.63, 3.8) is 0 Å². The van der Waals surface area contributed by atoms with Gasteiger partial charge in [0.25, 0.3) is 0 Å². The van der Waals surface area contributed by atoms with Gasteiger partial charge in [-0.2, -0.15) is 5.26 Å². The maximum Gasteiger partial charge on any atom is 0.226 e. The SMILES string of the molecule is N#CCCC(=O)Nc1ccc(Br)s1. The van der Waals surface area contributed by atoms with Crippen LogP contribution in [0.3, 0.4) is 0 Å². The van der Waals surface area contributed by atoms with Gasteiger partial charge in [0.15, 0.2) is 0 Å². The topological polar surface area (TPSA) is 52.9 Å². The van der Waals surface area contributed by atoms with Crippen molar-refractivity contribution >= 4 is 38.2 Å². The lowest BCUT2D eigenvalue weighted by molar-refractivity contribution is -0.116. The molecule has 0 aliphatic carbocycles. The minimum absolute atomic E-state index is 0.115. The van der Waals surface area contributed by atoms with Crippen molar-refractivity contribution in [3.8, 4) is 6.07 Å². The Morgan fingerprint density at radius 1 is 1.69 bits per heavy atom. The quantitative estimate of drug-likeness (QED) is 0.907. The summed E-state index contributed by atoms with van der Waals surface area (Å²) < 4.78 is 0.975. The van der Waals surface area contributed by atoms with Gasteiger partial charge in [-0.05, 0) is 28.1 Å². The molecule has 0 fully saturated rings. The van der Waals surface area contributed by atoms with Gasteiger partial charge in [0.05, 0.1) is 14.9 Å². The molecule has 3 nitrogen and oxygen atoms in total. The number of nitrogens with one attached hydrogen (secondary N) is 1.